The highest BCUT2D eigenvalue weighted by Gasteiger charge is 2.10. The van der Waals surface area contributed by atoms with Crippen LogP contribution in [0.3, 0.4) is 0 Å². The molecule has 5 nitrogen and oxygen atoms in total. The van der Waals surface area contributed by atoms with Gasteiger partial charge in [0, 0.05) is 5.69 Å². The van der Waals surface area contributed by atoms with Gasteiger partial charge in [0.25, 0.3) is 0 Å². The van der Waals surface area contributed by atoms with E-state index in [2.05, 4.69) is 10.6 Å². The molecule has 0 aliphatic carbocycles. The third-order valence-corrected chi connectivity index (χ3v) is 2.65. The van der Waals surface area contributed by atoms with E-state index >= 15 is 0 Å². The number of urea groups is 1. The molecule has 0 unspecified atom stereocenters. The van der Waals surface area contributed by atoms with Gasteiger partial charge in [0.2, 0.25) is 0 Å². The Bertz CT molecular complexity index is 757. The van der Waals surface area contributed by atoms with Gasteiger partial charge in [0.05, 0.1) is 17.3 Å². The number of halogens is 1. The minimum absolute atomic E-state index is 0.0867. The molecule has 0 aromatic heterocycles. The fourth-order valence-corrected chi connectivity index (χ4v) is 1.65. The van der Waals surface area contributed by atoms with Crippen LogP contribution in [0.5, 0.6) is 0 Å². The molecule has 2 amide bonds. The van der Waals surface area contributed by atoms with Crippen LogP contribution >= 0.6 is 0 Å². The second-order valence-electron chi connectivity index (χ2n) is 4.04. The van der Waals surface area contributed by atoms with Crippen LogP contribution in [0.4, 0.5) is 20.6 Å². The summed E-state index contributed by atoms with van der Waals surface area (Å²) in [6, 6.07) is 13.3. The topological polar surface area (TPSA) is 88.7 Å². The Morgan fingerprint density at radius 2 is 1.71 bits per heavy atom. The van der Waals surface area contributed by atoms with Crippen LogP contribution in [-0.2, 0) is 0 Å². The van der Waals surface area contributed by atoms with Gasteiger partial charge in [-0.1, -0.05) is 6.07 Å². The van der Waals surface area contributed by atoms with Crippen molar-refractivity contribution in [3.8, 4) is 12.1 Å². The molecule has 0 spiro atoms. The number of rotatable bonds is 2. The molecule has 6 heteroatoms. The lowest BCUT2D eigenvalue weighted by atomic mass is 10.2. The number of carbonyl (C=O) groups excluding carboxylic acids is 1. The van der Waals surface area contributed by atoms with Gasteiger partial charge >= 0.3 is 6.03 Å². The van der Waals surface area contributed by atoms with E-state index < -0.39 is 11.8 Å². The summed E-state index contributed by atoms with van der Waals surface area (Å²) in [6.07, 6.45) is 0. The largest absolute Gasteiger partial charge is 0.323 e. The van der Waals surface area contributed by atoms with E-state index in [0.717, 1.165) is 6.07 Å². The van der Waals surface area contributed by atoms with Crippen molar-refractivity contribution in [3.05, 3.63) is 59.4 Å². The fourth-order valence-electron chi connectivity index (χ4n) is 1.65. The summed E-state index contributed by atoms with van der Waals surface area (Å²) in [7, 11) is 0. The Kier molecular flexibility index (Phi) is 4.13. The fraction of sp³-hybridized carbons (Fsp3) is 0. The summed E-state index contributed by atoms with van der Waals surface area (Å²) in [5.74, 6) is -0.700. The lowest BCUT2D eigenvalue weighted by Crippen LogP contribution is -2.20. The van der Waals surface area contributed by atoms with Gasteiger partial charge in [0.15, 0.2) is 0 Å². The molecule has 0 saturated carbocycles. The van der Waals surface area contributed by atoms with Gasteiger partial charge in [-0.15, -0.1) is 0 Å². The lowest BCUT2D eigenvalue weighted by molar-refractivity contribution is 0.262. The maximum Gasteiger partial charge on any atom is 0.323 e. The Morgan fingerprint density at radius 1 is 1.00 bits per heavy atom. The molecule has 21 heavy (non-hydrogen) atoms. The lowest BCUT2D eigenvalue weighted by Gasteiger charge is -2.09. The number of amides is 2. The zero-order chi connectivity index (χ0) is 15.2. The summed E-state index contributed by atoms with van der Waals surface area (Å²) in [5, 5.41) is 22.5. The van der Waals surface area contributed by atoms with Crippen LogP contribution in [0, 0.1) is 28.5 Å². The third kappa shape index (κ3) is 3.34. The number of nitrogens with one attached hydrogen (secondary N) is 2. The molecule has 0 fully saturated rings. The molecule has 2 rings (SSSR count). The van der Waals surface area contributed by atoms with E-state index in [-0.39, 0.29) is 11.3 Å². The van der Waals surface area contributed by atoms with Crippen molar-refractivity contribution in [1.29, 1.82) is 10.5 Å². The summed E-state index contributed by atoms with van der Waals surface area (Å²) in [5.41, 5.74) is 0.801. The zero-order valence-corrected chi connectivity index (χ0v) is 10.7. The van der Waals surface area contributed by atoms with Gasteiger partial charge in [-0.2, -0.15) is 10.5 Å². The van der Waals surface area contributed by atoms with Gasteiger partial charge < -0.3 is 10.6 Å². The molecule has 0 heterocycles. The first-order valence-electron chi connectivity index (χ1n) is 5.91. The van der Waals surface area contributed by atoms with E-state index in [0.29, 0.717) is 11.3 Å². The van der Waals surface area contributed by atoms with Crippen LogP contribution in [0.2, 0.25) is 0 Å². The number of nitriles is 2. The molecule has 102 valence electrons. The number of hydrogen-bond donors (Lipinski definition) is 2. The maximum atomic E-state index is 13.4. The van der Waals surface area contributed by atoms with Gasteiger partial charge in [-0.25, -0.2) is 9.18 Å². The monoisotopic (exact) mass is 280 g/mol. The Hall–Kier alpha value is -3.38. The Labute approximate surface area is 120 Å². The highest BCUT2D eigenvalue weighted by Crippen LogP contribution is 2.18. The van der Waals surface area contributed by atoms with Gasteiger partial charge in [-0.3, -0.25) is 0 Å². The molecule has 2 N–H and O–H groups in total. The van der Waals surface area contributed by atoms with Crippen LogP contribution < -0.4 is 10.6 Å². The SMILES string of the molecule is N#Cc1ccc(NC(=O)Nc2cccc(F)c2C#N)cc1. The van der Waals surface area contributed by atoms with E-state index in [1.54, 1.807) is 30.3 Å². The first kappa shape index (κ1) is 14.0. The number of nitrogens with zero attached hydrogens (tertiary/aromatic N) is 2. The van der Waals surface area contributed by atoms with Crippen molar-refractivity contribution < 1.29 is 9.18 Å². The second kappa shape index (κ2) is 6.18. The summed E-state index contributed by atoms with van der Waals surface area (Å²) in [4.78, 5) is 11.8. The quantitative estimate of drug-likeness (QED) is 0.885. The summed E-state index contributed by atoms with van der Waals surface area (Å²) < 4.78 is 13.4. The zero-order valence-electron chi connectivity index (χ0n) is 10.7. The molecule has 2 aromatic rings. The molecule has 0 radical (unpaired) electrons. The van der Waals surface area contributed by atoms with E-state index in [1.807, 2.05) is 6.07 Å². The van der Waals surface area contributed by atoms with Crippen molar-refractivity contribution in [3.63, 3.8) is 0 Å². The standard InChI is InChI=1S/C15H9FN4O/c16-13-2-1-3-14(12(13)9-18)20-15(21)19-11-6-4-10(8-17)5-7-11/h1-7H,(H2,19,20,21). The van der Waals surface area contributed by atoms with Crippen LogP contribution in [0.1, 0.15) is 11.1 Å². The predicted molar refractivity (Wildman–Crippen MR) is 74.9 cm³/mol. The normalized spacial score (nSPS) is 9.29. The van der Waals surface area contributed by atoms with E-state index in [4.69, 9.17) is 10.5 Å². The van der Waals surface area contributed by atoms with Crippen molar-refractivity contribution >= 4 is 17.4 Å². The van der Waals surface area contributed by atoms with E-state index in [1.165, 1.54) is 12.1 Å². The highest BCUT2D eigenvalue weighted by molar-refractivity contribution is 6.00. The number of carbonyl (C=O) groups is 1. The molecule has 2 aromatic carbocycles. The van der Waals surface area contributed by atoms with Crippen LogP contribution in [-0.4, -0.2) is 6.03 Å². The van der Waals surface area contributed by atoms with Gasteiger partial charge in [-0.05, 0) is 36.4 Å². The highest BCUT2D eigenvalue weighted by atomic mass is 19.1. The van der Waals surface area contributed by atoms with Crippen molar-refractivity contribution in [2.45, 2.75) is 0 Å². The van der Waals surface area contributed by atoms with Crippen molar-refractivity contribution in [2.24, 2.45) is 0 Å². The van der Waals surface area contributed by atoms with Gasteiger partial charge in [0.1, 0.15) is 17.4 Å². The minimum atomic E-state index is -0.700. The maximum absolute atomic E-state index is 13.4. The first-order chi connectivity index (χ1) is 10.1. The number of anilines is 2. The van der Waals surface area contributed by atoms with Crippen molar-refractivity contribution in [1.82, 2.24) is 0 Å². The summed E-state index contributed by atoms with van der Waals surface area (Å²) >= 11 is 0. The van der Waals surface area contributed by atoms with Crippen LogP contribution in [0.15, 0.2) is 42.5 Å². The third-order valence-electron chi connectivity index (χ3n) is 2.65. The average Bonchev–Trinajstić information content (AvgIpc) is 2.48. The molecule has 0 aliphatic heterocycles. The Balaban J connectivity index is 2.10. The molecular weight excluding hydrogens is 271 g/mol. The minimum Gasteiger partial charge on any atom is -0.308 e. The first-order valence-corrected chi connectivity index (χ1v) is 5.91. The molecular formula is C15H9FN4O. The number of hydrogen-bond acceptors (Lipinski definition) is 3. The second-order valence-corrected chi connectivity index (χ2v) is 4.04. The Morgan fingerprint density at radius 3 is 2.33 bits per heavy atom. The average molecular weight is 280 g/mol. The van der Waals surface area contributed by atoms with Crippen molar-refractivity contribution in [2.75, 3.05) is 10.6 Å². The summed E-state index contributed by atoms with van der Waals surface area (Å²) in [6.45, 7) is 0. The predicted octanol–water partition coefficient (Wildman–Crippen LogP) is 3.21. The van der Waals surface area contributed by atoms with Crippen LogP contribution in [0.25, 0.3) is 0 Å². The molecule has 0 atom stereocenters. The molecule has 0 saturated heterocycles. The molecule has 0 bridgehead atoms. The number of benzene rings is 2. The smallest absolute Gasteiger partial charge is 0.308 e. The van der Waals surface area contributed by atoms with E-state index in [9.17, 15) is 9.18 Å². The molecule has 0 aliphatic rings.